The summed E-state index contributed by atoms with van der Waals surface area (Å²) < 4.78 is 0. The van der Waals surface area contributed by atoms with Crippen LogP contribution in [0.3, 0.4) is 0 Å². The van der Waals surface area contributed by atoms with Crippen LogP contribution in [0.1, 0.15) is 31.0 Å². The number of carbonyl (C=O) groups is 1. The SMILES string of the molecule is CCC(C)NC(=O)NCc1csc(C)n1. The van der Waals surface area contributed by atoms with Gasteiger partial charge >= 0.3 is 6.03 Å². The van der Waals surface area contributed by atoms with Crippen LogP contribution in [0.15, 0.2) is 5.38 Å². The molecule has 0 bridgehead atoms. The summed E-state index contributed by atoms with van der Waals surface area (Å²) in [4.78, 5) is 15.6. The van der Waals surface area contributed by atoms with Crippen molar-refractivity contribution in [1.82, 2.24) is 15.6 Å². The normalized spacial score (nSPS) is 12.2. The molecule has 1 atom stereocenters. The summed E-state index contributed by atoms with van der Waals surface area (Å²) in [6, 6.07) is 0.0807. The molecule has 5 heteroatoms. The fraction of sp³-hybridized carbons (Fsp3) is 0.600. The van der Waals surface area contributed by atoms with Gasteiger partial charge in [-0.2, -0.15) is 0 Å². The van der Waals surface area contributed by atoms with E-state index in [4.69, 9.17) is 0 Å². The Morgan fingerprint density at radius 1 is 1.67 bits per heavy atom. The van der Waals surface area contributed by atoms with E-state index in [1.165, 1.54) is 0 Å². The van der Waals surface area contributed by atoms with Crippen molar-refractivity contribution in [3.05, 3.63) is 16.1 Å². The first-order valence-corrected chi connectivity index (χ1v) is 5.95. The number of carbonyl (C=O) groups excluding carboxylic acids is 1. The third kappa shape index (κ3) is 4.29. The van der Waals surface area contributed by atoms with Crippen LogP contribution < -0.4 is 10.6 Å². The van der Waals surface area contributed by atoms with Crippen molar-refractivity contribution in [3.63, 3.8) is 0 Å². The summed E-state index contributed by atoms with van der Waals surface area (Å²) in [6.45, 7) is 6.46. The summed E-state index contributed by atoms with van der Waals surface area (Å²) in [6.07, 6.45) is 0.934. The van der Waals surface area contributed by atoms with E-state index in [9.17, 15) is 4.79 Å². The van der Waals surface area contributed by atoms with E-state index < -0.39 is 0 Å². The first-order chi connectivity index (χ1) is 7.11. The number of rotatable bonds is 4. The van der Waals surface area contributed by atoms with Crippen molar-refractivity contribution in [2.24, 2.45) is 0 Å². The quantitative estimate of drug-likeness (QED) is 0.827. The Kier molecular flexibility index (Phi) is 4.55. The maximum atomic E-state index is 11.3. The first kappa shape index (κ1) is 12.0. The van der Waals surface area contributed by atoms with E-state index in [0.717, 1.165) is 17.1 Å². The predicted molar refractivity (Wildman–Crippen MR) is 62.0 cm³/mol. The summed E-state index contributed by atoms with van der Waals surface area (Å²) in [5, 5.41) is 8.58. The van der Waals surface area contributed by atoms with Gasteiger partial charge in [-0.05, 0) is 20.3 Å². The maximum Gasteiger partial charge on any atom is 0.315 e. The summed E-state index contributed by atoms with van der Waals surface area (Å²) >= 11 is 1.59. The van der Waals surface area contributed by atoms with Crippen molar-refractivity contribution in [3.8, 4) is 0 Å². The molecule has 0 radical (unpaired) electrons. The molecule has 1 unspecified atom stereocenters. The molecule has 84 valence electrons. The minimum absolute atomic E-state index is 0.130. The van der Waals surface area contributed by atoms with Gasteiger partial charge in [0.1, 0.15) is 0 Å². The molecule has 1 aromatic rings. The molecule has 1 rings (SSSR count). The van der Waals surface area contributed by atoms with Crippen LogP contribution in [-0.2, 0) is 6.54 Å². The number of hydrogen-bond donors (Lipinski definition) is 2. The van der Waals surface area contributed by atoms with E-state index in [0.29, 0.717) is 6.54 Å². The summed E-state index contributed by atoms with van der Waals surface area (Å²) in [5.74, 6) is 0. The fourth-order valence-electron chi connectivity index (χ4n) is 1.04. The molecule has 4 nitrogen and oxygen atoms in total. The van der Waals surface area contributed by atoms with Gasteiger partial charge in [0.25, 0.3) is 0 Å². The van der Waals surface area contributed by atoms with E-state index in [1.807, 2.05) is 26.2 Å². The number of amides is 2. The Balaban J connectivity index is 2.28. The smallest absolute Gasteiger partial charge is 0.315 e. The summed E-state index contributed by atoms with van der Waals surface area (Å²) in [5.41, 5.74) is 0.914. The van der Waals surface area contributed by atoms with Gasteiger partial charge in [0, 0.05) is 11.4 Å². The van der Waals surface area contributed by atoms with Gasteiger partial charge in [-0.25, -0.2) is 9.78 Å². The molecule has 0 aromatic carbocycles. The molecular weight excluding hydrogens is 210 g/mol. The number of nitrogens with one attached hydrogen (secondary N) is 2. The third-order valence-electron chi connectivity index (χ3n) is 2.09. The monoisotopic (exact) mass is 227 g/mol. The van der Waals surface area contributed by atoms with E-state index in [1.54, 1.807) is 11.3 Å². The molecule has 1 heterocycles. The maximum absolute atomic E-state index is 11.3. The van der Waals surface area contributed by atoms with Crippen LogP contribution in [0.5, 0.6) is 0 Å². The zero-order chi connectivity index (χ0) is 11.3. The molecule has 0 spiro atoms. The topological polar surface area (TPSA) is 54.0 Å². The van der Waals surface area contributed by atoms with Gasteiger partial charge < -0.3 is 10.6 Å². The fourth-order valence-corrected chi connectivity index (χ4v) is 1.65. The minimum Gasteiger partial charge on any atom is -0.336 e. The average molecular weight is 227 g/mol. The molecule has 0 aliphatic heterocycles. The highest BCUT2D eigenvalue weighted by molar-refractivity contribution is 7.09. The van der Waals surface area contributed by atoms with Crippen molar-refractivity contribution >= 4 is 17.4 Å². The first-order valence-electron chi connectivity index (χ1n) is 5.07. The Morgan fingerprint density at radius 2 is 2.40 bits per heavy atom. The lowest BCUT2D eigenvalue weighted by Crippen LogP contribution is -2.40. The largest absolute Gasteiger partial charge is 0.336 e. The van der Waals surface area contributed by atoms with Gasteiger partial charge in [0.2, 0.25) is 0 Å². The predicted octanol–water partition coefficient (Wildman–Crippen LogP) is 2.05. The number of thiazole rings is 1. The Bertz CT molecular complexity index is 324. The lowest BCUT2D eigenvalue weighted by atomic mass is 10.3. The van der Waals surface area contributed by atoms with Gasteiger partial charge in [0.05, 0.1) is 17.2 Å². The van der Waals surface area contributed by atoms with Crippen LogP contribution >= 0.6 is 11.3 Å². The molecule has 1 aromatic heterocycles. The second-order valence-electron chi connectivity index (χ2n) is 3.49. The van der Waals surface area contributed by atoms with E-state index >= 15 is 0 Å². The van der Waals surface area contributed by atoms with E-state index in [2.05, 4.69) is 15.6 Å². The highest BCUT2D eigenvalue weighted by atomic mass is 32.1. The standard InChI is InChI=1S/C10H17N3OS/c1-4-7(2)12-10(14)11-5-9-6-15-8(3)13-9/h6-7H,4-5H2,1-3H3,(H2,11,12,14). The van der Waals surface area contributed by atoms with Crippen LogP contribution in [0.4, 0.5) is 4.79 Å². The summed E-state index contributed by atoms with van der Waals surface area (Å²) in [7, 11) is 0. The molecule has 2 N–H and O–H groups in total. The molecule has 0 aliphatic rings. The second-order valence-corrected chi connectivity index (χ2v) is 4.56. The van der Waals surface area contributed by atoms with Crippen LogP contribution in [0, 0.1) is 6.92 Å². The molecule has 2 amide bonds. The van der Waals surface area contributed by atoms with Crippen LogP contribution in [-0.4, -0.2) is 17.1 Å². The highest BCUT2D eigenvalue weighted by Crippen LogP contribution is 2.06. The zero-order valence-electron chi connectivity index (χ0n) is 9.33. The molecule has 0 saturated heterocycles. The lowest BCUT2D eigenvalue weighted by Gasteiger charge is -2.11. The lowest BCUT2D eigenvalue weighted by molar-refractivity contribution is 0.237. The molecule has 0 fully saturated rings. The van der Waals surface area contributed by atoms with Gasteiger partial charge in [-0.3, -0.25) is 0 Å². The van der Waals surface area contributed by atoms with Crippen molar-refractivity contribution in [2.45, 2.75) is 39.8 Å². The van der Waals surface area contributed by atoms with E-state index in [-0.39, 0.29) is 12.1 Å². The highest BCUT2D eigenvalue weighted by Gasteiger charge is 2.05. The Morgan fingerprint density at radius 3 is 2.93 bits per heavy atom. The number of nitrogens with zero attached hydrogens (tertiary/aromatic N) is 1. The van der Waals surface area contributed by atoms with Crippen molar-refractivity contribution in [2.75, 3.05) is 0 Å². The number of urea groups is 1. The van der Waals surface area contributed by atoms with Crippen molar-refractivity contribution < 1.29 is 4.79 Å². The van der Waals surface area contributed by atoms with Crippen molar-refractivity contribution in [1.29, 1.82) is 0 Å². The molecule has 15 heavy (non-hydrogen) atoms. The van der Waals surface area contributed by atoms with Gasteiger partial charge in [-0.15, -0.1) is 11.3 Å². The van der Waals surface area contributed by atoms with Crippen LogP contribution in [0.25, 0.3) is 0 Å². The minimum atomic E-state index is -0.130. The van der Waals surface area contributed by atoms with Gasteiger partial charge in [-0.1, -0.05) is 6.92 Å². The number of hydrogen-bond acceptors (Lipinski definition) is 3. The number of aryl methyl sites for hydroxylation is 1. The number of aromatic nitrogens is 1. The molecule has 0 aliphatic carbocycles. The van der Waals surface area contributed by atoms with Gasteiger partial charge in [0.15, 0.2) is 0 Å². The molecule has 0 saturated carbocycles. The second kappa shape index (κ2) is 5.70. The third-order valence-corrected chi connectivity index (χ3v) is 2.91. The average Bonchev–Trinajstić information content (AvgIpc) is 2.61. The van der Waals surface area contributed by atoms with Crippen LogP contribution in [0.2, 0.25) is 0 Å². The Hall–Kier alpha value is -1.10. The molecular formula is C10H17N3OS. The zero-order valence-corrected chi connectivity index (χ0v) is 10.1. The Labute approximate surface area is 94.1 Å².